The number of aryl methyl sites for hydroxylation is 2. The Bertz CT molecular complexity index is 371. The Morgan fingerprint density at radius 2 is 2.40 bits per heavy atom. The average molecular weight is 208 g/mol. The molecule has 0 atom stereocenters. The van der Waals surface area contributed by atoms with E-state index in [2.05, 4.69) is 10.4 Å². The first kappa shape index (κ1) is 10.2. The molecular weight excluding hydrogens is 192 g/mol. The second-order valence-electron chi connectivity index (χ2n) is 3.89. The van der Waals surface area contributed by atoms with Crippen molar-refractivity contribution in [3.8, 4) is 0 Å². The molecule has 0 spiro atoms. The van der Waals surface area contributed by atoms with Crippen LogP contribution < -0.4 is 5.32 Å². The van der Waals surface area contributed by atoms with Crippen LogP contribution in [0.4, 0.5) is 0 Å². The number of carbonyl (C=O) groups excluding carboxylic acids is 1. The van der Waals surface area contributed by atoms with Crippen LogP contribution in [0.5, 0.6) is 0 Å². The van der Waals surface area contributed by atoms with Crippen LogP contribution in [-0.4, -0.2) is 40.2 Å². The number of piperazine rings is 1. The van der Waals surface area contributed by atoms with Crippen molar-refractivity contribution >= 4 is 5.91 Å². The molecule has 0 saturated carbocycles. The summed E-state index contributed by atoms with van der Waals surface area (Å²) in [5, 5.41) is 7.32. The Morgan fingerprint density at radius 1 is 1.60 bits per heavy atom. The van der Waals surface area contributed by atoms with E-state index < -0.39 is 0 Å². The Hall–Kier alpha value is -1.36. The minimum absolute atomic E-state index is 0.167. The summed E-state index contributed by atoms with van der Waals surface area (Å²) in [4.78, 5) is 13.4. The highest BCUT2D eigenvalue weighted by atomic mass is 16.2. The molecule has 0 aliphatic carbocycles. The molecule has 0 radical (unpaired) electrons. The monoisotopic (exact) mass is 208 g/mol. The number of nitrogens with one attached hydrogen (secondary N) is 1. The third-order valence-corrected chi connectivity index (χ3v) is 2.64. The molecule has 0 aromatic carbocycles. The van der Waals surface area contributed by atoms with Gasteiger partial charge in [0.05, 0.1) is 24.5 Å². The van der Waals surface area contributed by atoms with Gasteiger partial charge in [0.1, 0.15) is 0 Å². The number of rotatable bonds is 2. The molecule has 82 valence electrons. The van der Waals surface area contributed by atoms with E-state index in [1.165, 1.54) is 0 Å². The highest BCUT2D eigenvalue weighted by Crippen LogP contribution is 2.07. The van der Waals surface area contributed by atoms with Crippen molar-refractivity contribution in [1.82, 2.24) is 20.0 Å². The van der Waals surface area contributed by atoms with Crippen molar-refractivity contribution in [2.45, 2.75) is 13.5 Å². The lowest BCUT2D eigenvalue weighted by molar-refractivity contribution is -0.132. The SMILES string of the molecule is Cc1cc(CN2CCNCC2=O)n(C)n1. The van der Waals surface area contributed by atoms with Crippen LogP contribution in [0.1, 0.15) is 11.4 Å². The molecule has 5 heteroatoms. The van der Waals surface area contributed by atoms with E-state index in [9.17, 15) is 4.79 Å². The Balaban J connectivity index is 2.07. The van der Waals surface area contributed by atoms with E-state index in [4.69, 9.17) is 0 Å². The number of hydrogen-bond donors (Lipinski definition) is 1. The van der Waals surface area contributed by atoms with E-state index >= 15 is 0 Å². The van der Waals surface area contributed by atoms with Crippen LogP contribution in [0.25, 0.3) is 0 Å². The predicted molar refractivity (Wildman–Crippen MR) is 56.2 cm³/mol. The van der Waals surface area contributed by atoms with Crippen molar-refractivity contribution < 1.29 is 4.79 Å². The van der Waals surface area contributed by atoms with Gasteiger partial charge in [-0.25, -0.2) is 0 Å². The normalized spacial score (nSPS) is 17.2. The maximum absolute atomic E-state index is 11.6. The van der Waals surface area contributed by atoms with E-state index in [0.717, 1.165) is 24.5 Å². The Kier molecular flexibility index (Phi) is 2.73. The summed E-state index contributed by atoms with van der Waals surface area (Å²) < 4.78 is 1.84. The van der Waals surface area contributed by atoms with E-state index in [1.807, 2.05) is 29.6 Å². The number of nitrogens with zero attached hydrogens (tertiary/aromatic N) is 3. The van der Waals surface area contributed by atoms with Crippen LogP contribution in [0, 0.1) is 6.92 Å². The zero-order chi connectivity index (χ0) is 10.8. The summed E-state index contributed by atoms with van der Waals surface area (Å²) in [6, 6.07) is 2.02. The summed E-state index contributed by atoms with van der Waals surface area (Å²) in [5.41, 5.74) is 2.08. The molecule has 15 heavy (non-hydrogen) atoms. The van der Waals surface area contributed by atoms with Gasteiger partial charge in [0.15, 0.2) is 0 Å². The van der Waals surface area contributed by atoms with Crippen molar-refractivity contribution in [2.24, 2.45) is 7.05 Å². The van der Waals surface area contributed by atoms with Crippen molar-refractivity contribution in [3.63, 3.8) is 0 Å². The zero-order valence-electron chi connectivity index (χ0n) is 9.16. The lowest BCUT2D eigenvalue weighted by Crippen LogP contribution is -2.47. The maximum atomic E-state index is 11.6. The Labute approximate surface area is 89.1 Å². The molecule has 0 unspecified atom stereocenters. The fourth-order valence-electron chi connectivity index (χ4n) is 1.82. The van der Waals surface area contributed by atoms with Crippen molar-refractivity contribution in [2.75, 3.05) is 19.6 Å². The molecule has 1 aromatic rings. The number of amides is 1. The molecule has 5 nitrogen and oxygen atoms in total. The second kappa shape index (κ2) is 4.02. The summed E-state index contributed by atoms with van der Waals surface area (Å²) in [6.07, 6.45) is 0. The molecule has 2 rings (SSSR count). The van der Waals surface area contributed by atoms with Gasteiger partial charge >= 0.3 is 0 Å². The van der Waals surface area contributed by atoms with Crippen LogP contribution >= 0.6 is 0 Å². The summed E-state index contributed by atoms with van der Waals surface area (Å²) in [5.74, 6) is 0.167. The lowest BCUT2D eigenvalue weighted by atomic mass is 10.3. The molecule has 2 heterocycles. The standard InChI is InChI=1S/C10H16N4O/c1-8-5-9(13(2)12-8)7-14-4-3-11-6-10(14)15/h5,11H,3-4,6-7H2,1-2H3. The quantitative estimate of drug-likeness (QED) is 0.723. The van der Waals surface area contributed by atoms with Gasteiger partial charge in [-0.3, -0.25) is 9.48 Å². The largest absolute Gasteiger partial charge is 0.334 e. The first-order chi connectivity index (χ1) is 7.16. The predicted octanol–water partition coefficient (Wildman–Crippen LogP) is -0.340. The number of carbonyl (C=O) groups is 1. The molecule has 1 amide bonds. The minimum Gasteiger partial charge on any atom is -0.334 e. The zero-order valence-corrected chi connectivity index (χ0v) is 9.16. The molecule has 1 fully saturated rings. The number of aromatic nitrogens is 2. The van der Waals surface area contributed by atoms with Crippen LogP contribution in [-0.2, 0) is 18.4 Å². The van der Waals surface area contributed by atoms with E-state index in [0.29, 0.717) is 13.1 Å². The average Bonchev–Trinajstić information content (AvgIpc) is 2.49. The summed E-state index contributed by atoms with van der Waals surface area (Å²) in [7, 11) is 1.91. The topological polar surface area (TPSA) is 50.2 Å². The van der Waals surface area contributed by atoms with Gasteiger partial charge in [-0.2, -0.15) is 5.10 Å². The van der Waals surface area contributed by atoms with Gasteiger partial charge in [0.25, 0.3) is 0 Å². The van der Waals surface area contributed by atoms with Crippen molar-refractivity contribution in [3.05, 3.63) is 17.5 Å². The highest BCUT2D eigenvalue weighted by Gasteiger charge is 2.18. The highest BCUT2D eigenvalue weighted by molar-refractivity contribution is 5.78. The fourth-order valence-corrected chi connectivity index (χ4v) is 1.82. The van der Waals surface area contributed by atoms with Gasteiger partial charge in [-0.05, 0) is 13.0 Å². The first-order valence-corrected chi connectivity index (χ1v) is 5.15. The van der Waals surface area contributed by atoms with Gasteiger partial charge in [-0.15, -0.1) is 0 Å². The minimum atomic E-state index is 0.167. The first-order valence-electron chi connectivity index (χ1n) is 5.15. The van der Waals surface area contributed by atoms with E-state index in [-0.39, 0.29) is 5.91 Å². The van der Waals surface area contributed by atoms with Gasteiger partial charge < -0.3 is 10.2 Å². The molecule has 1 aliphatic heterocycles. The number of hydrogen-bond acceptors (Lipinski definition) is 3. The van der Waals surface area contributed by atoms with Crippen LogP contribution in [0.2, 0.25) is 0 Å². The second-order valence-corrected chi connectivity index (χ2v) is 3.89. The van der Waals surface area contributed by atoms with Crippen molar-refractivity contribution in [1.29, 1.82) is 0 Å². The molecule has 1 aromatic heterocycles. The molecule has 1 N–H and O–H groups in total. The van der Waals surface area contributed by atoms with Gasteiger partial charge in [0.2, 0.25) is 5.91 Å². The smallest absolute Gasteiger partial charge is 0.236 e. The third-order valence-electron chi connectivity index (χ3n) is 2.64. The maximum Gasteiger partial charge on any atom is 0.236 e. The fraction of sp³-hybridized carbons (Fsp3) is 0.600. The Morgan fingerprint density at radius 3 is 3.00 bits per heavy atom. The van der Waals surface area contributed by atoms with Crippen LogP contribution in [0.15, 0.2) is 6.07 Å². The molecular formula is C10H16N4O. The van der Waals surface area contributed by atoms with Gasteiger partial charge in [-0.1, -0.05) is 0 Å². The molecule has 1 aliphatic rings. The molecule has 0 bridgehead atoms. The van der Waals surface area contributed by atoms with Gasteiger partial charge in [0, 0.05) is 20.1 Å². The third kappa shape index (κ3) is 2.18. The summed E-state index contributed by atoms with van der Waals surface area (Å²) >= 11 is 0. The van der Waals surface area contributed by atoms with E-state index in [1.54, 1.807) is 0 Å². The summed E-state index contributed by atoms with van der Waals surface area (Å²) in [6.45, 7) is 4.74. The molecule has 1 saturated heterocycles. The lowest BCUT2D eigenvalue weighted by Gasteiger charge is -2.27. The van der Waals surface area contributed by atoms with Crippen LogP contribution in [0.3, 0.4) is 0 Å².